The summed E-state index contributed by atoms with van der Waals surface area (Å²) in [5, 5.41) is 2.93. The molecule has 0 saturated carbocycles. The van der Waals surface area contributed by atoms with Gasteiger partial charge in [0.1, 0.15) is 5.41 Å². The zero-order chi connectivity index (χ0) is 17.9. The van der Waals surface area contributed by atoms with Crippen molar-refractivity contribution in [3.05, 3.63) is 28.8 Å². The first-order valence-electron chi connectivity index (χ1n) is 7.76. The molecule has 24 heavy (non-hydrogen) atoms. The predicted octanol–water partition coefficient (Wildman–Crippen LogP) is 2.71. The molecule has 6 nitrogen and oxygen atoms in total. The highest BCUT2D eigenvalue weighted by molar-refractivity contribution is 6.34. The summed E-state index contributed by atoms with van der Waals surface area (Å²) in [6.45, 7) is 4.52. The number of likely N-dealkylation sites (tertiary alicyclic amines) is 1. The molecular formula is C17H21ClN2O4. The smallest absolute Gasteiger partial charge is 0.337 e. The van der Waals surface area contributed by atoms with E-state index in [0.717, 1.165) is 12.8 Å². The van der Waals surface area contributed by atoms with E-state index in [1.54, 1.807) is 18.7 Å². The van der Waals surface area contributed by atoms with E-state index in [4.69, 9.17) is 11.6 Å². The number of methoxy groups -OCH3 is 1. The van der Waals surface area contributed by atoms with Crippen LogP contribution in [0.1, 0.15) is 37.0 Å². The van der Waals surface area contributed by atoms with Crippen molar-refractivity contribution in [2.24, 2.45) is 5.41 Å². The second-order valence-corrected chi connectivity index (χ2v) is 6.67. The number of nitrogens with zero attached hydrogens (tertiary/aromatic N) is 1. The molecule has 1 aliphatic heterocycles. The molecule has 1 saturated heterocycles. The molecule has 0 spiro atoms. The summed E-state index contributed by atoms with van der Waals surface area (Å²) in [7, 11) is 1.27. The standard InChI is InChI=1S/C17H21ClN2O4/c1-17(2,16(23)20-8-4-5-9-20)15(22)19-13-10-11(14(21)24-3)6-7-12(13)18/h6-7,10H,4-5,8-9H2,1-3H3,(H,19,22). The van der Waals surface area contributed by atoms with Gasteiger partial charge in [-0.1, -0.05) is 11.6 Å². The maximum absolute atomic E-state index is 12.6. The number of carbonyl (C=O) groups is 3. The third kappa shape index (κ3) is 3.70. The van der Waals surface area contributed by atoms with Gasteiger partial charge in [0.25, 0.3) is 0 Å². The number of rotatable bonds is 4. The predicted molar refractivity (Wildman–Crippen MR) is 91.0 cm³/mol. The van der Waals surface area contributed by atoms with Crippen molar-refractivity contribution >= 4 is 35.1 Å². The molecule has 0 radical (unpaired) electrons. The molecule has 1 N–H and O–H groups in total. The van der Waals surface area contributed by atoms with Crippen LogP contribution in [0.4, 0.5) is 5.69 Å². The van der Waals surface area contributed by atoms with E-state index in [2.05, 4.69) is 10.1 Å². The second-order valence-electron chi connectivity index (χ2n) is 6.26. The van der Waals surface area contributed by atoms with Gasteiger partial charge in [-0.25, -0.2) is 4.79 Å². The quantitative estimate of drug-likeness (QED) is 0.667. The van der Waals surface area contributed by atoms with Gasteiger partial charge in [0.2, 0.25) is 11.8 Å². The zero-order valence-corrected chi connectivity index (χ0v) is 14.8. The molecule has 1 heterocycles. The first-order chi connectivity index (χ1) is 11.3. The molecule has 0 aliphatic carbocycles. The third-order valence-corrected chi connectivity index (χ3v) is 4.46. The molecule has 2 amide bonds. The molecule has 1 aromatic rings. The van der Waals surface area contributed by atoms with E-state index >= 15 is 0 Å². The highest BCUT2D eigenvalue weighted by Crippen LogP contribution is 2.28. The average Bonchev–Trinajstić information content (AvgIpc) is 3.09. The number of amides is 2. The Morgan fingerprint density at radius 2 is 1.83 bits per heavy atom. The minimum Gasteiger partial charge on any atom is -0.465 e. The fourth-order valence-corrected chi connectivity index (χ4v) is 2.72. The molecule has 0 atom stereocenters. The number of halogens is 1. The Labute approximate surface area is 146 Å². The van der Waals surface area contributed by atoms with Crippen LogP contribution in [0.3, 0.4) is 0 Å². The Morgan fingerprint density at radius 3 is 2.42 bits per heavy atom. The maximum Gasteiger partial charge on any atom is 0.337 e. The largest absolute Gasteiger partial charge is 0.465 e. The van der Waals surface area contributed by atoms with Crippen LogP contribution in [0.15, 0.2) is 18.2 Å². The fraction of sp³-hybridized carbons (Fsp3) is 0.471. The molecule has 1 fully saturated rings. The lowest BCUT2D eigenvalue weighted by atomic mass is 9.90. The van der Waals surface area contributed by atoms with Gasteiger partial charge in [-0.3, -0.25) is 9.59 Å². The Morgan fingerprint density at radius 1 is 1.21 bits per heavy atom. The van der Waals surface area contributed by atoms with E-state index in [-0.39, 0.29) is 22.2 Å². The normalized spacial score (nSPS) is 14.4. The van der Waals surface area contributed by atoms with E-state index in [1.165, 1.54) is 25.3 Å². The number of carbonyl (C=O) groups excluding carboxylic acids is 3. The Bertz CT molecular complexity index is 667. The van der Waals surface area contributed by atoms with Crippen molar-refractivity contribution in [2.45, 2.75) is 26.7 Å². The molecule has 0 unspecified atom stereocenters. The van der Waals surface area contributed by atoms with Gasteiger partial charge in [0.05, 0.1) is 23.4 Å². The van der Waals surface area contributed by atoms with Gasteiger partial charge >= 0.3 is 5.97 Å². The van der Waals surface area contributed by atoms with Crippen LogP contribution < -0.4 is 5.32 Å². The molecule has 0 bridgehead atoms. The molecule has 1 aromatic carbocycles. The number of nitrogens with one attached hydrogen (secondary N) is 1. The number of esters is 1. The molecule has 2 rings (SSSR count). The van der Waals surface area contributed by atoms with Crippen LogP contribution >= 0.6 is 11.6 Å². The minimum atomic E-state index is -1.23. The van der Waals surface area contributed by atoms with Crippen LogP contribution in [0.2, 0.25) is 5.02 Å². The van der Waals surface area contributed by atoms with Crippen LogP contribution in [-0.2, 0) is 14.3 Å². The molecule has 1 aliphatic rings. The minimum absolute atomic E-state index is 0.210. The van der Waals surface area contributed by atoms with Gasteiger partial charge in [0.15, 0.2) is 0 Å². The summed E-state index contributed by atoms with van der Waals surface area (Å²) in [6.07, 6.45) is 1.91. The van der Waals surface area contributed by atoms with E-state index in [0.29, 0.717) is 13.1 Å². The summed E-state index contributed by atoms with van der Waals surface area (Å²) < 4.78 is 4.65. The van der Waals surface area contributed by atoms with E-state index in [9.17, 15) is 14.4 Å². The van der Waals surface area contributed by atoms with Crippen molar-refractivity contribution in [2.75, 3.05) is 25.5 Å². The Balaban J connectivity index is 2.18. The van der Waals surface area contributed by atoms with Crippen molar-refractivity contribution in [1.82, 2.24) is 4.90 Å². The molecule has 7 heteroatoms. The second kappa shape index (κ2) is 7.21. The van der Waals surface area contributed by atoms with Gasteiger partial charge < -0.3 is 15.0 Å². The van der Waals surface area contributed by atoms with Crippen molar-refractivity contribution < 1.29 is 19.1 Å². The van der Waals surface area contributed by atoms with Crippen LogP contribution in [0, 0.1) is 5.41 Å². The van der Waals surface area contributed by atoms with Gasteiger partial charge in [-0.15, -0.1) is 0 Å². The molecule has 130 valence electrons. The lowest BCUT2D eigenvalue weighted by Crippen LogP contribution is -2.46. The summed E-state index contributed by atoms with van der Waals surface area (Å²) >= 11 is 6.08. The number of hydrogen-bond donors (Lipinski definition) is 1. The van der Waals surface area contributed by atoms with Crippen LogP contribution in [-0.4, -0.2) is 42.9 Å². The number of benzene rings is 1. The summed E-state index contributed by atoms with van der Waals surface area (Å²) in [6, 6.07) is 4.44. The summed E-state index contributed by atoms with van der Waals surface area (Å²) in [4.78, 5) is 38.5. The maximum atomic E-state index is 12.6. The number of anilines is 1. The first-order valence-corrected chi connectivity index (χ1v) is 8.14. The molecular weight excluding hydrogens is 332 g/mol. The van der Waals surface area contributed by atoms with E-state index in [1.807, 2.05) is 0 Å². The number of hydrogen-bond acceptors (Lipinski definition) is 4. The third-order valence-electron chi connectivity index (χ3n) is 4.13. The van der Waals surface area contributed by atoms with E-state index < -0.39 is 17.3 Å². The highest BCUT2D eigenvalue weighted by Gasteiger charge is 2.40. The van der Waals surface area contributed by atoms with Crippen molar-refractivity contribution in [3.8, 4) is 0 Å². The van der Waals surface area contributed by atoms with Crippen LogP contribution in [0.5, 0.6) is 0 Å². The fourth-order valence-electron chi connectivity index (χ4n) is 2.56. The van der Waals surface area contributed by atoms with Crippen LogP contribution in [0.25, 0.3) is 0 Å². The summed E-state index contributed by atoms with van der Waals surface area (Å²) in [5.74, 6) is -1.21. The zero-order valence-electron chi connectivity index (χ0n) is 14.0. The topological polar surface area (TPSA) is 75.7 Å². The van der Waals surface area contributed by atoms with Crippen molar-refractivity contribution in [1.29, 1.82) is 0 Å². The first kappa shape index (κ1) is 18.3. The van der Waals surface area contributed by atoms with Gasteiger partial charge in [-0.05, 0) is 44.9 Å². The monoisotopic (exact) mass is 352 g/mol. The average molecular weight is 353 g/mol. The molecule has 0 aromatic heterocycles. The Kier molecular flexibility index (Phi) is 5.49. The van der Waals surface area contributed by atoms with Crippen molar-refractivity contribution in [3.63, 3.8) is 0 Å². The van der Waals surface area contributed by atoms with Gasteiger partial charge in [-0.2, -0.15) is 0 Å². The SMILES string of the molecule is COC(=O)c1ccc(Cl)c(NC(=O)C(C)(C)C(=O)N2CCCC2)c1. The number of ether oxygens (including phenoxy) is 1. The highest BCUT2D eigenvalue weighted by atomic mass is 35.5. The Hall–Kier alpha value is -2.08. The summed E-state index contributed by atoms with van der Waals surface area (Å²) in [5.41, 5.74) is -0.692. The lowest BCUT2D eigenvalue weighted by molar-refractivity contribution is -0.145. The van der Waals surface area contributed by atoms with Gasteiger partial charge in [0, 0.05) is 13.1 Å². The lowest BCUT2D eigenvalue weighted by Gasteiger charge is -2.28.